The summed E-state index contributed by atoms with van der Waals surface area (Å²) in [4.78, 5) is 17.9. The normalized spacial score (nSPS) is 10.9. The molecule has 0 aliphatic heterocycles. The maximum absolute atomic E-state index is 12.6. The van der Waals surface area contributed by atoms with Gasteiger partial charge in [0.05, 0.1) is 25.5 Å². The second kappa shape index (κ2) is 8.73. The van der Waals surface area contributed by atoms with E-state index in [-0.39, 0.29) is 5.91 Å². The van der Waals surface area contributed by atoms with E-state index in [1.807, 2.05) is 34.2 Å². The van der Waals surface area contributed by atoms with Crippen LogP contribution in [0.5, 0.6) is 11.5 Å². The molecule has 0 saturated heterocycles. The van der Waals surface area contributed by atoms with Gasteiger partial charge in [-0.1, -0.05) is 11.6 Å². The van der Waals surface area contributed by atoms with Crippen LogP contribution in [0.15, 0.2) is 47.8 Å². The van der Waals surface area contributed by atoms with Crippen LogP contribution < -0.4 is 14.8 Å². The molecule has 4 aromatic rings. The van der Waals surface area contributed by atoms with Gasteiger partial charge in [-0.05, 0) is 36.4 Å². The molecular weight excluding hydrogens is 424 g/mol. The highest BCUT2D eigenvalue weighted by Gasteiger charge is 2.15. The van der Waals surface area contributed by atoms with Gasteiger partial charge >= 0.3 is 0 Å². The fraction of sp³-hybridized carbons (Fsp3) is 0.190. The second-order valence-electron chi connectivity index (χ2n) is 6.44. The van der Waals surface area contributed by atoms with Crippen molar-refractivity contribution < 1.29 is 14.3 Å². The minimum Gasteiger partial charge on any atom is -0.497 e. The van der Waals surface area contributed by atoms with Gasteiger partial charge in [-0.25, -0.2) is 4.52 Å². The molecule has 4 rings (SSSR count). The summed E-state index contributed by atoms with van der Waals surface area (Å²) in [5.41, 5.74) is 2.34. The van der Waals surface area contributed by atoms with Gasteiger partial charge in [-0.2, -0.15) is 4.98 Å². The van der Waals surface area contributed by atoms with E-state index in [4.69, 9.17) is 21.1 Å². The maximum Gasteiger partial charge on any atom is 0.255 e. The number of hydrogen-bond acceptors (Lipinski definition) is 6. The standard InChI is InChI=1S/C21H19ClN4O3S/c1-28-16-7-8-17(18(11-16)29-2)20(27)23-10-9-15-12-30-21-24-19(25-26(15)21)13-3-5-14(22)6-4-13/h3-8,11-12H,9-10H2,1-2H3,(H,23,27). The third kappa shape index (κ3) is 4.10. The Morgan fingerprint density at radius 1 is 1.17 bits per heavy atom. The molecule has 0 saturated carbocycles. The number of carbonyl (C=O) groups is 1. The summed E-state index contributed by atoms with van der Waals surface area (Å²) in [6, 6.07) is 12.5. The van der Waals surface area contributed by atoms with Crippen molar-refractivity contribution in [1.29, 1.82) is 0 Å². The average molecular weight is 443 g/mol. The number of nitrogens with zero attached hydrogens (tertiary/aromatic N) is 3. The van der Waals surface area contributed by atoms with Gasteiger partial charge < -0.3 is 14.8 Å². The van der Waals surface area contributed by atoms with E-state index in [9.17, 15) is 4.79 Å². The van der Waals surface area contributed by atoms with E-state index in [0.29, 0.717) is 40.9 Å². The van der Waals surface area contributed by atoms with Crippen molar-refractivity contribution in [2.24, 2.45) is 0 Å². The van der Waals surface area contributed by atoms with Gasteiger partial charge in [0.25, 0.3) is 5.91 Å². The molecule has 7 nitrogen and oxygen atoms in total. The molecule has 0 atom stereocenters. The molecule has 30 heavy (non-hydrogen) atoms. The number of ether oxygens (including phenoxy) is 2. The average Bonchev–Trinajstić information content (AvgIpc) is 3.35. The molecule has 0 unspecified atom stereocenters. The zero-order valence-corrected chi connectivity index (χ0v) is 18.0. The van der Waals surface area contributed by atoms with Crippen LogP contribution in [0.1, 0.15) is 16.1 Å². The van der Waals surface area contributed by atoms with Gasteiger partial charge in [0, 0.05) is 35.0 Å². The van der Waals surface area contributed by atoms with Crippen molar-refractivity contribution in [3.05, 3.63) is 64.1 Å². The predicted octanol–water partition coefficient (Wildman–Crippen LogP) is 4.10. The predicted molar refractivity (Wildman–Crippen MR) is 117 cm³/mol. The fourth-order valence-corrected chi connectivity index (χ4v) is 3.99. The smallest absolute Gasteiger partial charge is 0.255 e. The van der Waals surface area contributed by atoms with Crippen molar-refractivity contribution in [3.63, 3.8) is 0 Å². The number of nitrogens with one attached hydrogen (secondary N) is 1. The molecule has 2 heterocycles. The number of fused-ring (bicyclic) bond motifs is 1. The van der Waals surface area contributed by atoms with Crippen molar-refractivity contribution in [2.75, 3.05) is 20.8 Å². The molecule has 0 aliphatic rings. The lowest BCUT2D eigenvalue weighted by Crippen LogP contribution is -2.26. The Kier molecular flexibility index (Phi) is 5.87. The Hall–Kier alpha value is -3.10. The van der Waals surface area contributed by atoms with Crippen LogP contribution in [0.4, 0.5) is 0 Å². The zero-order chi connectivity index (χ0) is 21.1. The molecule has 2 aromatic carbocycles. The summed E-state index contributed by atoms with van der Waals surface area (Å²) in [6.45, 7) is 0.454. The van der Waals surface area contributed by atoms with Crippen LogP contribution >= 0.6 is 22.9 Å². The van der Waals surface area contributed by atoms with E-state index in [2.05, 4.69) is 15.4 Å². The highest BCUT2D eigenvalue weighted by molar-refractivity contribution is 7.15. The largest absolute Gasteiger partial charge is 0.497 e. The third-order valence-corrected chi connectivity index (χ3v) is 5.69. The number of amides is 1. The van der Waals surface area contributed by atoms with Crippen molar-refractivity contribution >= 4 is 33.8 Å². The van der Waals surface area contributed by atoms with E-state index in [1.54, 1.807) is 25.3 Å². The molecule has 154 valence electrons. The summed E-state index contributed by atoms with van der Waals surface area (Å²) in [6.07, 6.45) is 0.619. The first kappa shape index (κ1) is 20.2. The van der Waals surface area contributed by atoms with Gasteiger partial charge in [0.15, 0.2) is 5.82 Å². The molecule has 2 aromatic heterocycles. The van der Waals surface area contributed by atoms with Gasteiger partial charge in [-0.15, -0.1) is 16.4 Å². The Bertz CT molecular complexity index is 1190. The molecule has 0 radical (unpaired) electrons. The molecule has 0 bridgehead atoms. The molecule has 0 spiro atoms. The Morgan fingerprint density at radius 2 is 1.97 bits per heavy atom. The molecular formula is C21H19ClN4O3S. The monoisotopic (exact) mass is 442 g/mol. The van der Waals surface area contributed by atoms with E-state index >= 15 is 0 Å². The first-order valence-electron chi connectivity index (χ1n) is 9.18. The number of rotatable bonds is 7. The van der Waals surface area contributed by atoms with Crippen LogP contribution in [0.2, 0.25) is 5.02 Å². The quantitative estimate of drug-likeness (QED) is 0.466. The van der Waals surface area contributed by atoms with E-state index in [1.165, 1.54) is 18.4 Å². The number of methoxy groups -OCH3 is 2. The minimum atomic E-state index is -0.207. The van der Waals surface area contributed by atoms with Crippen LogP contribution in [0.25, 0.3) is 16.3 Å². The highest BCUT2D eigenvalue weighted by Crippen LogP contribution is 2.25. The number of aromatic nitrogens is 3. The van der Waals surface area contributed by atoms with Crippen LogP contribution in [-0.4, -0.2) is 41.3 Å². The fourth-order valence-electron chi connectivity index (χ4n) is 3.00. The van der Waals surface area contributed by atoms with Crippen molar-refractivity contribution in [2.45, 2.75) is 6.42 Å². The van der Waals surface area contributed by atoms with Crippen LogP contribution in [0, 0.1) is 0 Å². The van der Waals surface area contributed by atoms with Gasteiger partial charge in [0.2, 0.25) is 4.96 Å². The van der Waals surface area contributed by atoms with Gasteiger partial charge in [-0.3, -0.25) is 4.79 Å². The summed E-state index contributed by atoms with van der Waals surface area (Å²) in [5.74, 6) is 1.54. The number of carbonyl (C=O) groups excluding carboxylic acids is 1. The second-order valence-corrected chi connectivity index (χ2v) is 7.71. The molecule has 0 aliphatic carbocycles. The number of hydrogen-bond donors (Lipinski definition) is 1. The first-order chi connectivity index (χ1) is 14.6. The lowest BCUT2D eigenvalue weighted by atomic mass is 10.1. The summed E-state index contributed by atoms with van der Waals surface area (Å²) in [7, 11) is 3.09. The number of halogens is 1. The van der Waals surface area contributed by atoms with Gasteiger partial charge in [0.1, 0.15) is 11.5 Å². The summed E-state index contributed by atoms with van der Waals surface area (Å²) in [5, 5.41) is 10.2. The minimum absolute atomic E-state index is 0.207. The zero-order valence-electron chi connectivity index (χ0n) is 16.4. The van der Waals surface area contributed by atoms with Crippen molar-refractivity contribution in [3.8, 4) is 22.9 Å². The lowest BCUT2D eigenvalue weighted by molar-refractivity contribution is 0.0951. The summed E-state index contributed by atoms with van der Waals surface area (Å²) >= 11 is 7.47. The third-order valence-electron chi connectivity index (χ3n) is 4.57. The SMILES string of the molecule is COc1ccc(C(=O)NCCc2csc3nc(-c4ccc(Cl)cc4)nn23)c(OC)c1. The molecule has 1 N–H and O–H groups in total. The van der Waals surface area contributed by atoms with E-state index < -0.39 is 0 Å². The maximum atomic E-state index is 12.6. The number of benzene rings is 2. The highest BCUT2D eigenvalue weighted by atomic mass is 35.5. The molecule has 9 heteroatoms. The molecule has 1 amide bonds. The summed E-state index contributed by atoms with van der Waals surface area (Å²) < 4.78 is 12.3. The van der Waals surface area contributed by atoms with Crippen molar-refractivity contribution in [1.82, 2.24) is 19.9 Å². The molecule has 0 fully saturated rings. The Balaban J connectivity index is 1.44. The topological polar surface area (TPSA) is 77.8 Å². The lowest BCUT2D eigenvalue weighted by Gasteiger charge is -2.10. The Morgan fingerprint density at radius 3 is 2.70 bits per heavy atom. The number of thiazole rings is 1. The Labute approximate surface area is 182 Å². The van der Waals surface area contributed by atoms with Crippen LogP contribution in [-0.2, 0) is 6.42 Å². The first-order valence-corrected chi connectivity index (χ1v) is 10.4. The van der Waals surface area contributed by atoms with Crippen LogP contribution in [0.3, 0.4) is 0 Å². The van der Waals surface area contributed by atoms with E-state index in [0.717, 1.165) is 16.2 Å².